The molecule has 1 aliphatic rings. The fraction of sp³-hybridized carbons (Fsp3) is 0.412. The summed E-state index contributed by atoms with van der Waals surface area (Å²) >= 11 is 0. The summed E-state index contributed by atoms with van der Waals surface area (Å²) in [5.74, 6) is 0.124. The number of carbonyl (C=O) groups excluding carboxylic acids is 2. The van der Waals surface area contributed by atoms with Gasteiger partial charge in [0.2, 0.25) is 5.91 Å². The monoisotopic (exact) mass is 302 g/mol. The minimum Gasteiger partial charge on any atom is -0.484 e. The van der Waals surface area contributed by atoms with Gasteiger partial charge in [0, 0.05) is 18.7 Å². The third-order valence-corrected chi connectivity index (χ3v) is 3.77. The summed E-state index contributed by atoms with van der Waals surface area (Å²) in [4.78, 5) is 24.7. The minimum absolute atomic E-state index is 0.0567. The molecule has 0 aromatic heterocycles. The Balaban J connectivity index is 1.92. The topological polar surface area (TPSA) is 72.6 Å². The average molecular weight is 302 g/mol. The van der Waals surface area contributed by atoms with Gasteiger partial charge in [-0.1, -0.05) is 12.1 Å². The van der Waals surface area contributed by atoms with Crippen molar-refractivity contribution < 1.29 is 14.3 Å². The van der Waals surface area contributed by atoms with E-state index in [-0.39, 0.29) is 12.5 Å². The van der Waals surface area contributed by atoms with E-state index < -0.39 is 5.91 Å². The van der Waals surface area contributed by atoms with Gasteiger partial charge in [0.1, 0.15) is 5.75 Å². The van der Waals surface area contributed by atoms with Crippen molar-refractivity contribution in [2.75, 3.05) is 13.2 Å². The molecule has 5 heteroatoms. The van der Waals surface area contributed by atoms with E-state index in [4.69, 9.17) is 10.5 Å². The van der Waals surface area contributed by atoms with Crippen LogP contribution in [0.4, 0.5) is 0 Å². The Morgan fingerprint density at radius 3 is 2.68 bits per heavy atom. The lowest BCUT2D eigenvalue weighted by Crippen LogP contribution is -2.41. The molecule has 1 aliphatic heterocycles. The van der Waals surface area contributed by atoms with E-state index in [1.165, 1.54) is 6.42 Å². The first-order valence-corrected chi connectivity index (χ1v) is 7.56. The van der Waals surface area contributed by atoms with Crippen LogP contribution in [0.3, 0.4) is 0 Å². The molecule has 5 nitrogen and oxygen atoms in total. The zero-order chi connectivity index (χ0) is 15.9. The van der Waals surface area contributed by atoms with Gasteiger partial charge in [0.05, 0.1) is 0 Å². The standard InChI is InChI=1S/C17H22N2O3/c1-13-4-2-3-11-19(13)17(21)10-7-14-5-8-15(9-6-14)22-12-16(18)20/h5-10,13H,2-4,11-12H2,1H3,(H2,18,20)/b10-7+. The highest BCUT2D eigenvalue weighted by atomic mass is 16.5. The maximum atomic E-state index is 12.2. The van der Waals surface area contributed by atoms with Gasteiger partial charge < -0.3 is 15.4 Å². The highest BCUT2D eigenvalue weighted by molar-refractivity contribution is 5.92. The van der Waals surface area contributed by atoms with Crippen LogP contribution in [-0.2, 0) is 9.59 Å². The van der Waals surface area contributed by atoms with E-state index in [2.05, 4.69) is 6.92 Å². The Bertz CT molecular complexity index is 552. The summed E-state index contributed by atoms with van der Waals surface area (Å²) in [6.45, 7) is 2.79. The van der Waals surface area contributed by atoms with Gasteiger partial charge in [-0.05, 0) is 50.0 Å². The van der Waals surface area contributed by atoms with Crippen molar-refractivity contribution in [1.29, 1.82) is 0 Å². The largest absolute Gasteiger partial charge is 0.484 e. The Kier molecular flexibility index (Phi) is 5.58. The molecule has 0 spiro atoms. The van der Waals surface area contributed by atoms with Crippen LogP contribution in [0.5, 0.6) is 5.75 Å². The lowest BCUT2D eigenvalue weighted by molar-refractivity contribution is -0.129. The Morgan fingerprint density at radius 1 is 1.32 bits per heavy atom. The second kappa shape index (κ2) is 7.64. The maximum absolute atomic E-state index is 12.2. The van der Waals surface area contributed by atoms with Gasteiger partial charge in [0.15, 0.2) is 6.61 Å². The molecule has 2 N–H and O–H groups in total. The van der Waals surface area contributed by atoms with Crippen LogP contribution in [-0.4, -0.2) is 35.9 Å². The van der Waals surface area contributed by atoms with Crippen molar-refractivity contribution >= 4 is 17.9 Å². The lowest BCUT2D eigenvalue weighted by atomic mass is 10.0. The zero-order valence-electron chi connectivity index (χ0n) is 12.8. The molecule has 22 heavy (non-hydrogen) atoms. The summed E-state index contributed by atoms with van der Waals surface area (Å²) in [5, 5.41) is 0. The number of ether oxygens (including phenoxy) is 1. The van der Waals surface area contributed by atoms with E-state index >= 15 is 0 Å². The number of amides is 2. The third kappa shape index (κ3) is 4.62. The van der Waals surface area contributed by atoms with Crippen LogP contribution < -0.4 is 10.5 Å². The van der Waals surface area contributed by atoms with Crippen molar-refractivity contribution in [1.82, 2.24) is 4.90 Å². The molecule has 0 saturated carbocycles. The molecule has 0 aliphatic carbocycles. The molecular weight excluding hydrogens is 280 g/mol. The van der Waals surface area contributed by atoms with Gasteiger partial charge >= 0.3 is 0 Å². The maximum Gasteiger partial charge on any atom is 0.255 e. The van der Waals surface area contributed by atoms with E-state index in [1.54, 1.807) is 24.3 Å². The number of likely N-dealkylation sites (tertiary alicyclic amines) is 1. The highest BCUT2D eigenvalue weighted by Crippen LogP contribution is 2.17. The molecule has 1 aromatic carbocycles. The molecule has 1 heterocycles. The summed E-state index contributed by atoms with van der Waals surface area (Å²) < 4.78 is 5.18. The number of nitrogens with two attached hydrogens (primary N) is 1. The molecule has 118 valence electrons. The summed E-state index contributed by atoms with van der Waals surface area (Å²) in [6.07, 6.45) is 6.76. The van der Waals surface area contributed by atoms with Crippen LogP contribution in [0.15, 0.2) is 30.3 Å². The second-order valence-electron chi connectivity index (χ2n) is 5.53. The second-order valence-corrected chi connectivity index (χ2v) is 5.53. The first-order chi connectivity index (χ1) is 10.6. The summed E-state index contributed by atoms with van der Waals surface area (Å²) in [7, 11) is 0. The molecular formula is C17H22N2O3. The zero-order valence-corrected chi connectivity index (χ0v) is 12.8. The van der Waals surface area contributed by atoms with E-state index in [1.807, 2.05) is 17.0 Å². The minimum atomic E-state index is -0.509. The third-order valence-electron chi connectivity index (χ3n) is 3.77. The van der Waals surface area contributed by atoms with E-state index in [0.717, 1.165) is 24.9 Å². The molecule has 1 aromatic rings. The van der Waals surface area contributed by atoms with Gasteiger partial charge in [0.25, 0.3) is 5.91 Å². The number of rotatable bonds is 5. The average Bonchev–Trinajstić information content (AvgIpc) is 2.52. The fourth-order valence-corrected chi connectivity index (χ4v) is 2.52. The van der Waals surface area contributed by atoms with Crippen LogP contribution in [0.25, 0.3) is 6.08 Å². The Morgan fingerprint density at radius 2 is 2.05 bits per heavy atom. The lowest BCUT2D eigenvalue weighted by Gasteiger charge is -2.32. The number of nitrogens with zero attached hydrogens (tertiary/aromatic N) is 1. The SMILES string of the molecule is CC1CCCCN1C(=O)/C=C/c1ccc(OCC(N)=O)cc1. The van der Waals surface area contributed by atoms with Crippen LogP contribution in [0.1, 0.15) is 31.7 Å². The molecule has 1 unspecified atom stereocenters. The van der Waals surface area contributed by atoms with Gasteiger partial charge in [-0.3, -0.25) is 9.59 Å². The fourth-order valence-electron chi connectivity index (χ4n) is 2.52. The normalized spacial score (nSPS) is 18.4. The van der Waals surface area contributed by atoms with Crippen molar-refractivity contribution in [2.45, 2.75) is 32.2 Å². The predicted molar refractivity (Wildman–Crippen MR) is 85.2 cm³/mol. The smallest absolute Gasteiger partial charge is 0.255 e. The number of carbonyl (C=O) groups is 2. The van der Waals surface area contributed by atoms with Crippen LogP contribution in [0.2, 0.25) is 0 Å². The van der Waals surface area contributed by atoms with Gasteiger partial charge in [-0.2, -0.15) is 0 Å². The number of benzene rings is 1. The summed E-state index contributed by atoms with van der Waals surface area (Å²) in [5.41, 5.74) is 5.92. The Labute approximate surface area is 130 Å². The molecule has 1 atom stereocenters. The first-order valence-electron chi connectivity index (χ1n) is 7.56. The molecule has 1 fully saturated rings. The number of primary amides is 1. The van der Waals surface area contributed by atoms with Gasteiger partial charge in [-0.15, -0.1) is 0 Å². The quantitative estimate of drug-likeness (QED) is 0.845. The molecule has 0 radical (unpaired) electrons. The van der Waals surface area contributed by atoms with E-state index in [9.17, 15) is 9.59 Å². The van der Waals surface area contributed by atoms with Crippen molar-refractivity contribution in [3.05, 3.63) is 35.9 Å². The van der Waals surface area contributed by atoms with Gasteiger partial charge in [-0.25, -0.2) is 0 Å². The molecule has 2 amide bonds. The highest BCUT2D eigenvalue weighted by Gasteiger charge is 2.20. The molecule has 0 bridgehead atoms. The van der Waals surface area contributed by atoms with E-state index in [0.29, 0.717) is 11.8 Å². The van der Waals surface area contributed by atoms with Crippen molar-refractivity contribution in [2.24, 2.45) is 5.73 Å². The van der Waals surface area contributed by atoms with Crippen molar-refractivity contribution in [3.63, 3.8) is 0 Å². The number of piperidine rings is 1. The Hall–Kier alpha value is -2.30. The molecule has 2 rings (SSSR count). The predicted octanol–water partition coefficient (Wildman–Crippen LogP) is 1.96. The number of hydrogen-bond acceptors (Lipinski definition) is 3. The van der Waals surface area contributed by atoms with Crippen molar-refractivity contribution in [3.8, 4) is 5.75 Å². The molecule has 1 saturated heterocycles. The first kappa shape index (κ1) is 16.1. The van der Waals surface area contributed by atoms with Crippen LogP contribution in [0, 0.1) is 0 Å². The number of hydrogen-bond donors (Lipinski definition) is 1. The van der Waals surface area contributed by atoms with Crippen LogP contribution >= 0.6 is 0 Å². The summed E-state index contributed by atoms with van der Waals surface area (Å²) in [6, 6.07) is 7.47.